The molecule has 0 aliphatic carbocycles. The van der Waals surface area contributed by atoms with Crippen LogP contribution in [0.25, 0.3) is 0 Å². The molecule has 0 saturated carbocycles. The standard InChI is InChI=1S/C15H14F3N3O2/c16-15(17,18)23-13-3-1-2-10(8-13)14(22)20-11-5-7-21-12(9-11)4-6-19-21/h1-4,6,8,11H,5,7,9H2,(H,20,22). The number of aryl methyl sites for hydroxylation is 1. The van der Waals surface area contributed by atoms with Gasteiger partial charge in [-0.25, -0.2) is 0 Å². The van der Waals surface area contributed by atoms with E-state index in [1.165, 1.54) is 12.1 Å². The number of fused-ring (bicyclic) bond motifs is 1. The summed E-state index contributed by atoms with van der Waals surface area (Å²) in [4.78, 5) is 12.2. The molecule has 3 rings (SSSR count). The molecule has 1 amide bonds. The van der Waals surface area contributed by atoms with Crippen LogP contribution in [-0.2, 0) is 13.0 Å². The Bertz CT molecular complexity index is 712. The summed E-state index contributed by atoms with van der Waals surface area (Å²) in [6.07, 6.45) is -1.71. The number of carbonyl (C=O) groups is 1. The first-order valence-corrected chi connectivity index (χ1v) is 7.08. The molecule has 23 heavy (non-hydrogen) atoms. The Kier molecular flexibility index (Phi) is 3.97. The maximum atomic E-state index is 12.2. The largest absolute Gasteiger partial charge is 0.573 e. The number of rotatable bonds is 3. The lowest BCUT2D eigenvalue weighted by Gasteiger charge is -2.24. The molecule has 0 bridgehead atoms. The lowest BCUT2D eigenvalue weighted by molar-refractivity contribution is -0.274. The zero-order valence-corrected chi connectivity index (χ0v) is 12.0. The topological polar surface area (TPSA) is 56.2 Å². The Labute approximate surface area is 130 Å². The van der Waals surface area contributed by atoms with Gasteiger partial charge in [0.25, 0.3) is 5.91 Å². The zero-order valence-electron chi connectivity index (χ0n) is 12.0. The number of hydrogen-bond donors (Lipinski definition) is 1. The van der Waals surface area contributed by atoms with Gasteiger partial charge >= 0.3 is 6.36 Å². The van der Waals surface area contributed by atoms with E-state index >= 15 is 0 Å². The van der Waals surface area contributed by atoms with Crippen molar-refractivity contribution in [3.63, 3.8) is 0 Å². The van der Waals surface area contributed by atoms with Gasteiger partial charge < -0.3 is 10.1 Å². The lowest BCUT2D eigenvalue weighted by Crippen LogP contribution is -2.40. The van der Waals surface area contributed by atoms with Crippen molar-refractivity contribution in [2.45, 2.75) is 31.8 Å². The van der Waals surface area contributed by atoms with Gasteiger partial charge in [-0.3, -0.25) is 9.48 Å². The van der Waals surface area contributed by atoms with E-state index in [0.717, 1.165) is 24.2 Å². The van der Waals surface area contributed by atoms with Crippen molar-refractivity contribution in [1.82, 2.24) is 15.1 Å². The number of nitrogens with one attached hydrogen (secondary N) is 1. The molecule has 1 aromatic heterocycles. The van der Waals surface area contributed by atoms with E-state index in [-0.39, 0.29) is 11.6 Å². The van der Waals surface area contributed by atoms with Crippen LogP contribution in [0.4, 0.5) is 13.2 Å². The Morgan fingerprint density at radius 2 is 2.17 bits per heavy atom. The van der Waals surface area contributed by atoms with Gasteiger partial charge in [0, 0.05) is 36.5 Å². The van der Waals surface area contributed by atoms with E-state index < -0.39 is 18.0 Å². The van der Waals surface area contributed by atoms with E-state index in [4.69, 9.17) is 0 Å². The van der Waals surface area contributed by atoms with E-state index in [1.54, 1.807) is 6.20 Å². The number of hydrogen-bond acceptors (Lipinski definition) is 3. The fourth-order valence-corrected chi connectivity index (χ4v) is 2.59. The van der Waals surface area contributed by atoms with Crippen molar-refractivity contribution in [2.24, 2.45) is 0 Å². The average Bonchev–Trinajstić information content (AvgIpc) is 2.93. The van der Waals surface area contributed by atoms with Gasteiger partial charge in [-0.1, -0.05) is 6.07 Å². The maximum Gasteiger partial charge on any atom is 0.573 e. The summed E-state index contributed by atoms with van der Waals surface area (Å²) >= 11 is 0. The zero-order chi connectivity index (χ0) is 16.4. The van der Waals surface area contributed by atoms with Crippen molar-refractivity contribution in [3.8, 4) is 5.75 Å². The summed E-state index contributed by atoms with van der Waals surface area (Å²) in [5.41, 5.74) is 1.15. The second-order valence-corrected chi connectivity index (χ2v) is 5.28. The monoisotopic (exact) mass is 325 g/mol. The van der Waals surface area contributed by atoms with Gasteiger partial charge in [-0.05, 0) is 30.7 Å². The molecular weight excluding hydrogens is 311 g/mol. The van der Waals surface area contributed by atoms with Gasteiger partial charge in [-0.15, -0.1) is 13.2 Å². The predicted molar refractivity (Wildman–Crippen MR) is 74.9 cm³/mol. The first kappa shape index (κ1) is 15.4. The number of carbonyl (C=O) groups excluding carboxylic acids is 1. The van der Waals surface area contributed by atoms with E-state index in [0.29, 0.717) is 13.0 Å². The molecule has 1 N–H and O–H groups in total. The fraction of sp³-hybridized carbons (Fsp3) is 0.333. The van der Waals surface area contributed by atoms with Gasteiger partial charge in [0.05, 0.1) is 0 Å². The molecule has 0 radical (unpaired) electrons. The molecule has 0 spiro atoms. The smallest absolute Gasteiger partial charge is 0.406 e. The summed E-state index contributed by atoms with van der Waals surface area (Å²) in [5, 5.41) is 6.99. The van der Waals surface area contributed by atoms with Crippen LogP contribution in [0.15, 0.2) is 36.5 Å². The van der Waals surface area contributed by atoms with Crippen LogP contribution in [0.3, 0.4) is 0 Å². The predicted octanol–water partition coefficient (Wildman–Crippen LogP) is 2.53. The van der Waals surface area contributed by atoms with Gasteiger partial charge in [-0.2, -0.15) is 5.10 Å². The second kappa shape index (κ2) is 5.94. The third kappa shape index (κ3) is 3.82. The number of aromatic nitrogens is 2. The minimum Gasteiger partial charge on any atom is -0.406 e. The van der Waals surface area contributed by atoms with Crippen LogP contribution in [0.1, 0.15) is 22.5 Å². The van der Waals surface area contributed by atoms with Crippen molar-refractivity contribution in [3.05, 3.63) is 47.8 Å². The molecule has 0 saturated heterocycles. The highest BCUT2D eigenvalue weighted by Crippen LogP contribution is 2.23. The minimum absolute atomic E-state index is 0.0705. The molecule has 2 aromatic rings. The molecule has 2 heterocycles. The third-order valence-electron chi connectivity index (χ3n) is 3.61. The number of nitrogens with zero attached hydrogens (tertiary/aromatic N) is 2. The highest BCUT2D eigenvalue weighted by molar-refractivity contribution is 5.94. The Morgan fingerprint density at radius 3 is 2.96 bits per heavy atom. The average molecular weight is 325 g/mol. The van der Waals surface area contributed by atoms with Crippen LogP contribution in [0, 0.1) is 0 Å². The van der Waals surface area contributed by atoms with Gasteiger partial charge in [0.1, 0.15) is 5.75 Å². The number of alkyl halides is 3. The lowest BCUT2D eigenvalue weighted by atomic mass is 10.0. The Balaban J connectivity index is 1.66. The van der Waals surface area contributed by atoms with Crippen molar-refractivity contribution >= 4 is 5.91 Å². The molecule has 122 valence electrons. The molecule has 0 fully saturated rings. The summed E-state index contributed by atoms with van der Waals surface area (Å²) in [6.45, 7) is 0.699. The molecule has 1 aliphatic heterocycles. The number of halogens is 3. The summed E-state index contributed by atoms with van der Waals surface area (Å²) in [7, 11) is 0. The van der Waals surface area contributed by atoms with Crippen molar-refractivity contribution in [2.75, 3.05) is 0 Å². The van der Waals surface area contributed by atoms with Crippen LogP contribution in [0.5, 0.6) is 5.75 Å². The fourth-order valence-electron chi connectivity index (χ4n) is 2.59. The highest BCUT2D eigenvalue weighted by atomic mass is 19.4. The molecule has 1 atom stereocenters. The SMILES string of the molecule is O=C(NC1CCn2nccc2C1)c1cccc(OC(F)(F)F)c1. The third-order valence-corrected chi connectivity index (χ3v) is 3.61. The second-order valence-electron chi connectivity index (χ2n) is 5.28. The minimum atomic E-state index is -4.78. The van der Waals surface area contributed by atoms with Crippen LogP contribution in [-0.4, -0.2) is 28.1 Å². The normalized spacial score (nSPS) is 17.4. The molecule has 8 heteroatoms. The number of ether oxygens (including phenoxy) is 1. The number of benzene rings is 1. The Morgan fingerprint density at radius 1 is 1.35 bits per heavy atom. The number of amides is 1. The summed E-state index contributed by atoms with van der Waals surface area (Å²) in [5.74, 6) is -0.831. The summed E-state index contributed by atoms with van der Waals surface area (Å²) in [6, 6.07) is 6.85. The van der Waals surface area contributed by atoms with E-state index in [1.807, 2.05) is 10.7 Å². The first-order chi connectivity index (χ1) is 10.9. The summed E-state index contributed by atoms with van der Waals surface area (Å²) < 4.78 is 42.4. The van der Waals surface area contributed by atoms with Gasteiger partial charge in [0.15, 0.2) is 0 Å². The van der Waals surface area contributed by atoms with Crippen molar-refractivity contribution in [1.29, 1.82) is 0 Å². The molecular formula is C15H14F3N3O2. The van der Waals surface area contributed by atoms with E-state index in [9.17, 15) is 18.0 Å². The molecule has 1 aliphatic rings. The molecule has 1 aromatic carbocycles. The van der Waals surface area contributed by atoms with Gasteiger partial charge in [0.2, 0.25) is 0 Å². The van der Waals surface area contributed by atoms with Crippen LogP contribution < -0.4 is 10.1 Å². The maximum absolute atomic E-state index is 12.2. The molecule has 1 unspecified atom stereocenters. The van der Waals surface area contributed by atoms with Crippen LogP contribution in [0.2, 0.25) is 0 Å². The van der Waals surface area contributed by atoms with Crippen LogP contribution >= 0.6 is 0 Å². The van der Waals surface area contributed by atoms with Crippen molar-refractivity contribution < 1.29 is 22.7 Å². The first-order valence-electron chi connectivity index (χ1n) is 7.08. The highest BCUT2D eigenvalue weighted by Gasteiger charge is 2.31. The quantitative estimate of drug-likeness (QED) is 0.943. The Hall–Kier alpha value is -2.51. The van der Waals surface area contributed by atoms with E-state index in [2.05, 4.69) is 15.2 Å². The molecule has 5 nitrogen and oxygen atoms in total.